The summed E-state index contributed by atoms with van der Waals surface area (Å²) in [5, 5.41) is 13.7. The fraction of sp³-hybridized carbons (Fsp3) is 0.190. The van der Waals surface area contributed by atoms with E-state index in [-0.39, 0.29) is 11.8 Å². The number of nitrogens with zero attached hydrogens (tertiary/aromatic N) is 1. The molecule has 0 saturated carbocycles. The van der Waals surface area contributed by atoms with Gasteiger partial charge in [0.1, 0.15) is 5.75 Å². The molecule has 0 saturated heterocycles. The van der Waals surface area contributed by atoms with E-state index in [1.54, 1.807) is 18.3 Å². The van der Waals surface area contributed by atoms with Crippen molar-refractivity contribution in [1.82, 2.24) is 10.3 Å². The van der Waals surface area contributed by atoms with Crippen molar-refractivity contribution in [2.45, 2.75) is 25.9 Å². The van der Waals surface area contributed by atoms with Gasteiger partial charge in [-0.25, -0.2) is 0 Å². The van der Waals surface area contributed by atoms with Crippen molar-refractivity contribution >= 4 is 11.6 Å². The van der Waals surface area contributed by atoms with Gasteiger partial charge in [-0.1, -0.05) is 59.6 Å². The maximum atomic E-state index is 9.77. The Labute approximate surface area is 153 Å². The van der Waals surface area contributed by atoms with Gasteiger partial charge in [0.15, 0.2) is 0 Å². The Balaban J connectivity index is 1.79. The molecule has 0 spiro atoms. The number of phenolic OH excluding ortho intramolecular Hbond substituents is 1. The zero-order valence-corrected chi connectivity index (χ0v) is 14.9. The highest BCUT2D eigenvalue weighted by molar-refractivity contribution is 6.32. The molecule has 2 N–H and O–H groups in total. The molecule has 0 aliphatic rings. The Hall–Kier alpha value is -2.36. The minimum Gasteiger partial charge on any atom is -0.506 e. The molecule has 1 atom stereocenters. The van der Waals surface area contributed by atoms with Crippen molar-refractivity contribution in [3.05, 3.63) is 94.3 Å². The zero-order valence-electron chi connectivity index (χ0n) is 14.1. The Morgan fingerprint density at radius 1 is 1.04 bits per heavy atom. The van der Waals surface area contributed by atoms with Crippen LogP contribution in [0.1, 0.15) is 28.4 Å². The van der Waals surface area contributed by atoms with Crippen LogP contribution in [0.25, 0.3) is 0 Å². The van der Waals surface area contributed by atoms with Crippen LogP contribution in [0.3, 0.4) is 0 Å². The zero-order chi connectivity index (χ0) is 17.6. The van der Waals surface area contributed by atoms with Crippen LogP contribution in [0, 0.1) is 6.92 Å². The Bertz CT molecular complexity index is 819. The van der Waals surface area contributed by atoms with Gasteiger partial charge in [-0.3, -0.25) is 4.98 Å². The second kappa shape index (κ2) is 8.15. The normalized spacial score (nSPS) is 12.1. The first-order chi connectivity index (χ1) is 12.1. The summed E-state index contributed by atoms with van der Waals surface area (Å²) in [5.41, 5.74) is 4.35. The lowest BCUT2D eigenvalue weighted by atomic mass is 10.0. The third-order valence-corrected chi connectivity index (χ3v) is 4.64. The molecule has 0 radical (unpaired) electrons. The molecule has 1 unspecified atom stereocenters. The number of pyridine rings is 1. The lowest BCUT2D eigenvalue weighted by Gasteiger charge is -2.19. The number of rotatable bonds is 6. The standard InChI is InChI=1S/C21H21ClN2O/c1-15-8-10-16(11-9-15)13-19(18-6-2-3-12-23-18)24-14-17-5-4-7-20(25)21(17)22/h2-12,19,24-25H,13-14H2,1H3. The van der Waals surface area contributed by atoms with Crippen LogP contribution in [0.15, 0.2) is 66.9 Å². The van der Waals surface area contributed by atoms with E-state index in [0.29, 0.717) is 11.6 Å². The predicted molar refractivity (Wildman–Crippen MR) is 102 cm³/mol. The van der Waals surface area contributed by atoms with Crippen LogP contribution in [0.4, 0.5) is 0 Å². The van der Waals surface area contributed by atoms with E-state index in [1.165, 1.54) is 11.1 Å². The molecule has 1 aromatic heterocycles. The molecular weight excluding hydrogens is 332 g/mol. The highest BCUT2D eigenvalue weighted by atomic mass is 35.5. The van der Waals surface area contributed by atoms with E-state index in [1.807, 2.05) is 24.3 Å². The van der Waals surface area contributed by atoms with E-state index < -0.39 is 0 Å². The molecule has 0 amide bonds. The second-order valence-electron chi connectivity index (χ2n) is 6.13. The van der Waals surface area contributed by atoms with Crippen molar-refractivity contribution in [3.63, 3.8) is 0 Å². The van der Waals surface area contributed by atoms with Crippen LogP contribution < -0.4 is 5.32 Å². The summed E-state index contributed by atoms with van der Waals surface area (Å²) in [6.07, 6.45) is 2.63. The Kier molecular flexibility index (Phi) is 5.69. The number of aryl methyl sites for hydroxylation is 1. The first-order valence-electron chi connectivity index (χ1n) is 8.29. The third-order valence-electron chi connectivity index (χ3n) is 4.20. The maximum absolute atomic E-state index is 9.77. The number of hydrogen-bond donors (Lipinski definition) is 2. The minimum atomic E-state index is 0.0577. The molecular formula is C21H21ClN2O. The lowest BCUT2D eigenvalue weighted by Crippen LogP contribution is -2.24. The summed E-state index contributed by atoms with van der Waals surface area (Å²) in [6.45, 7) is 2.64. The molecule has 25 heavy (non-hydrogen) atoms. The van der Waals surface area contributed by atoms with Crippen molar-refractivity contribution in [1.29, 1.82) is 0 Å². The first-order valence-corrected chi connectivity index (χ1v) is 8.67. The number of aromatic nitrogens is 1. The summed E-state index contributed by atoms with van der Waals surface area (Å²) in [6, 6.07) is 19.8. The summed E-state index contributed by atoms with van der Waals surface area (Å²) in [7, 11) is 0. The van der Waals surface area contributed by atoms with E-state index >= 15 is 0 Å². The molecule has 3 rings (SSSR count). The predicted octanol–water partition coefficient (Wildman–Crippen LogP) is 4.82. The van der Waals surface area contributed by atoms with Crippen LogP contribution in [-0.4, -0.2) is 10.1 Å². The molecule has 0 fully saturated rings. The molecule has 3 aromatic rings. The molecule has 128 valence electrons. The average molecular weight is 353 g/mol. The number of aromatic hydroxyl groups is 1. The highest BCUT2D eigenvalue weighted by Crippen LogP contribution is 2.27. The maximum Gasteiger partial charge on any atom is 0.134 e. The number of nitrogens with one attached hydrogen (secondary N) is 1. The van der Waals surface area contributed by atoms with Crippen LogP contribution in [-0.2, 0) is 13.0 Å². The highest BCUT2D eigenvalue weighted by Gasteiger charge is 2.14. The minimum absolute atomic E-state index is 0.0577. The van der Waals surface area contributed by atoms with Gasteiger partial charge in [-0.05, 0) is 42.7 Å². The van der Waals surface area contributed by atoms with Gasteiger partial charge in [-0.15, -0.1) is 0 Å². The Morgan fingerprint density at radius 3 is 2.56 bits per heavy atom. The van der Waals surface area contributed by atoms with Gasteiger partial charge in [-0.2, -0.15) is 0 Å². The van der Waals surface area contributed by atoms with Crippen LogP contribution >= 0.6 is 11.6 Å². The molecule has 0 bridgehead atoms. The monoisotopic (exact) mass is 352 g/mol. The van der Waals surface area contributed by atoms with Gasteiger partial charge in [0.25, 0.3) is 0 Å². The van der Waals surface area contributed by atoms with E-state index in [4.69, 9.17) is 11.6 Å². The van der Waals surface area contributed by atoms with Crippen molar-refractivity contribution in [3.8, 4) is 5.75 Å². The van der Waals surface area contributed by atoms with Gasteiger partial charge < -0.3 is 10.4 Å². The van der Waals surface area contributed by atoms with Gasteiger partial charge in [0, 0.05) is 12.7 Å². The third kappa shape index (κ3) is 4.59. The SMILES string of the molecule is Cc1ccc(CC(NCc2cccc(O)c2Cl)c2ccccn2)cc1. The molecule has 3 nitrogen and oxygen atoms in total. The van der Waals surface area contributed by atoms with Crippen molar-refractivity contribution in [2.75, 3.05) is 0 Å². The topological polar surface area (TPSA) is 45.1 Å². The quantitative estimate of drug-likeness (QED) is 0.668. The summed E-state index contributed by atoms with van der Waals surface area (Å²) in [5.74, 6) is 0.105. The van der Waals surface area contributed by atoms with Gasteiger partial charge in [0.2, 0.25) is 0 Å². The van der Waals surface area contributed by atoms with Crippen LogP contribution in [0.2, 0.25) is 5.02 Å². The van der Waals surface area contributed by atoms with Crippen molar-refractivity contribution < 1.29 is 5.11 Å². The fourth-order valence-corrected chi connectivity index (χ4v) is 2.95. The van der Waals surface area contributed by atoms with Gasteiger partial charge >= 0.3 is 0 Å². The first kappa shape index (κ1) is 17.5. The lowest BCUT2D eigenvalue weighted by molar-refractivity contribution is 0.472. The second-order valence-corrected chi connectivity index (χ2v) is 6.51. The molecule has 0 aliphatic carbocycles. The fourth-order valence-electron chi connectivity index (χ4n) is 2.76. The summed E-state index contributed by atoms with van der Waals surface area (Å²) < 4.78 is 0. The van der Waals surface area contributed by atoms with Crippen molar-refractivity contribution in [2.24, 2.45) is 0 Å². The number of hydrogen-bond acceptors (Lipinski definition) is 3. The van der Waals surface area contributed by atoms with Crippen LogP contribution in [0.5, 0.6) is 5.75 Å². The molecule has 2 aromatic carbocycles. The molecule has 0 aliphatic heterocycles. The number of benzene rings is 2. The smallest absolute Gasteiger partial charge is 0.134 e. The molecule has 4 heteroatoms. The largest absolute Gasteiger partial charge is 0.506 e. The summed E-state index contributed by atoms with van der Waals surface area (Å²) in [4.78, 5) is 4.50. The van der Waals surface area contributed by atoms with E-state index in [9.17, 15) is 5.11 Å². The number of halogens is 1. The van der Waals surface area contributed by atoms with Gasteiger partial charge in [0.05, 0.1) is 16.8 Å². The van der Waals surface area contributed by atoms with E-state index in [2.05, 4.69) is 41.5 Å². The average Bonchev–Trinajstić information content (AvgIpc) is 2.64. The van der Waals surface area contributed by atoms with E-state index in [0.717, 1.165) is 17.7 Å². The Morgan fingerprint density at radius 2 is 1.84 bits per heavy atom. The number of phenols is 1. The summed E-state index contributed by atoms with van der Waals surface area (Å²) >= 11 is 6.19. The molecule has 1 heterocycles.